The molecule has 0 saturated carbocycles. The van der Waals surface area contributed by atoms with Crippen LogP contribution in [0.2, 0.25) is 0 Å². The molecule has 1 N–H and O–H groups in total. The van der Waals surface area contributed by atoms with E-state index in [9.17, 15) is 0 Å². The second kappa shape index (κ2) is 7.04. The molecule has 1 rings (SSSR count). The zero-order chi connectivity index (χ0) is 13.8. The standard InChI is InChI=1S/C14H25BrN2S/c1-6-16-11(2)14(3,4)10-17(5)8-12-7-13(15)18-9-12/h7,9,11,16H,6,8,10H2,1-5H3. The predicted molar refractivity (Wildman–Crippen MR) is 85.3 cm³/mol. The van der Waals surface area contributed by atoms with Crippen LogP contribution in [0, 0.1) is 5.41 Å². The van der Waals surface area contributed by atoms with Crippen LogP contribution >= 0.6 is 27.3 Å². The topological polar surface area (TPSA) is 15.3 Å². The highest BCUT2D eigenvalue weighted by Gasteiger charge is 2.26. The third-order valence-corrected chi connectivity index (χ3v) is 4.99. The fourth-order valence-electron chi connectivity index (χ4n) is 2.21. The highest BCUT2D eigenvalue weighted by atomic mass is 79.9. The SMILES string of the molecule is CCNC(C)C(C)(C)CN(C)Cc1csc(Br)c1. The van der Waals surface area contributed by atoms with Gasteiger partial charge < -0.3 is 10.2 Å². The normalized spacial score (nSPS) is 14.2. The van der Waals surface area contributed by atoms with Crippen molar-refractivity contribution in [1.82, 2.24) is 10.2 Å². The van der Waals surface area contributed by atoms with Crippen molar-refractivity contribution in [2.45, 2.75) is 40.3 Å². The summed E-state index contributed by atoms with van der Waals surface area (Å²) in [5.41, 5.74) is 1.67. The van der Waals surface area contributed by atoms with E-state index in [4.69, 9.17) is 0 Å². The summed E-state index contributed by atoms with van der Waals surface area (Å²) in [6.45, 7) is 12.3. The third kappa shape index (κ3) is 5.00. The van der Waals surface area contributed by atoms with Crippen LogP contribution < -0.4 is 5.32 Å². The van der Waals surface area contributed by atoms with Crippen molar-refractivity contribution in [3.8, 4) is 0 Å². The summed E-state index contributed by atoms with van der Waals surface area (Å²) in [4.78, 5) is 2.41. The molecule has 1 aromatic rings. The van der Waals surface area contributed by atoms with E-state index >= 15 is 0 Å². The molecule has 0 aromatic carbocycles. The Labute approximate surface area is 124 Å². The Morgan fingerprint density at radius 1 is 1.50 bits per heavy atom. The van der Waals surface area contributed by atoms with E-state index in [0.717, 1.165) is 19.6 Å². The molecule has 0 saturated heterocycles. The first kappa shape index (κ1) is 16.2. The van der Waals surface area contributed by atoms with Gasteiger partial charge in [-0.05, 0) is 58.9 Å². The first-order valence-corrected chi connectivity index (χ1v) is 8.17. The van der Waals surface area contributed by atoms with Gasteiger partial charge in [-0.1, -0.05) is 20.8 Å². The van der Waals surface area contributed by atoms with Gasteiger partial charge in [-0.25, -0.2) is 0 Å². The molecule has 104 valence electrons. The molecule has 2 nitrogen and oxygen atoms in total. The van der Waals surface area contributed by atoms with Crippen LogP contribution in [0.25, 0.3) is 0 Å². The van der Waals surface area contributed by atoms with E-state index in [1.807, 2.05) is 0 Å². The fourth-order valence-corrected chi connectivity index (χ4v) is 3.41. The molecule has 1 heterocycles. The van der Waals surface area contributed by atoms with Crippen LogP contribution in [0.4, 0.5) is 0 Å². The van der Waals surface area contributed by atoms with Gasteiger partial charge in [0.15, 0.2) is 0 Å². The van der Waals surface area contributed by atoms with Gasteiger partial charge in [0.25, 0.3) is 0 Å². The summed E-state index contributed by atoms with van der Waals surface area (Å²) in [7, 11) is 2.20. The monoisotopic (exact) mass is 332 g/mol. The van der Waals surface area contributed by atoms with Gasteiger partial charge in [0.05, 0.1) is 3.79 Å². The smallest absolute Gasteiger partial charge is 0.0701 e. The lowest BCUT2D eigenvalue weighted by molar-refractivity contribution is 0.161. The summed E-state index contributed by atoms with van der Waals surface area (Å²) in [6.07, 6.45) is 0. The zero-order valence-electron chi connectivity index (χ0n) is 12.1. The van der Waals surface area contributed by atoms with E-state index in [1.165, 1.54) is 9.35 Å². The fraction of sp³-hybridized carbons (Fsp3) is 0.714. The van der Waals surface area contributed by atoms with Gasteiger partial charge in [-0.3, -0.25) is 0 Å². The molecule has 1 unspecified atom stereocenters. The van der Waals surface area contributed by atoms with Crippen LogP contribution in [0.3, 0.4) is 0 Å². The molecule has 4 heteroatoms. The number of hydrogen-bond acceptors (Lipinski definition) is 3. The minimum Gasteiger partial charge on any atom is -0.314 e. The highest BCUT2D eigenvalue weighted by Crippen LogP contribution is 2.25. The quantitative estimate of drug-likeness (QED) is 0.812. The van der Waals surface area contributed by atoms with Gasteiger partial charge in [-0.15, -0.1) is 11.3 Å². The lowest BCUT2D eigenvalue weighted by atomic mass is 9.84. The Balaban J connectivity index is 2.50. The molecule has 0 aliphatic heterocycles. The molecule has 0 fully saturated rings. The zero-order valence-corrected chi connectivity index (χ0v) is 14.5. The molecule has 0 radical (unpaired) electrons. The van der Waals surface area contributed by atoms with E-state index in [0.29, 0.717) is 6.04 Å². The van der Waals surface area contributed by atoms with Crippen LogP contribution in [0.1, 0.15) is 33.3 Å². The molecular formula is C14H25BrN2S. The van der Waals surface area contributed by atoms with Crippen LogP contribution in [0.15, 0.2) is 15.2 Å². The largest absolute Gasteiger partial charge is 0.314 e. The van der Waals surface area contributed by atoms with E-state index in [2.05, 4.69) is 72.3 Å². The minimum atomic E-state index is 0.276. The lowest BCUT2D eigenvalue weighted by Gasteiger charge is -2.36. The summed E-state index contributed by atoms with van der Waals surface area (Å²) in [6, 6.07) is 2.74. The van der Waals surface area contributed by atoms with Crippen molar-refractivity contribution in [3.05, 3.63) is 20.8 Å². The summed E-state index contributed by atoms with van der Waals surface area (Å²) in [5.74, 6) is 0. The maximum absolute atomic E-state index is 3.53. The molecule has 0 spiro atoms. The average Bonchev–Trinajstić information content (AvgIpc) is 2.63. The van der Waals surface area contributed by atoms with Crippen LogP contribution in [-0.4, -0.2) is 31.1 Å². The number of halogens is 1. The Hall–Kier alpha value is 0.100. The second-order valence-corrected chi connectivity index (χ2v) is 7.99. The third-order valence-electron chi connectivity index (χ3n) is 3.43. The molecule has 1 atom stereocenters. The first-order chi connectivity index (χ1) is 8.35. The molecule has 0 bridgehead atoms. The molecule has 1 aromatic heterocycles. The number of thiophene rings is 1. The second-order valence-electron chi connectivity index (χ2n) is 5.70. The lowest BCUT2D eigenvalue weighted by Crippen LogP contribution is -2.45. The van der Waals surface area contributed by atoms with Crippen LogP contribution in [0.5, 0.6) is 0 Å². The van der Waals surface area contributed by atoms with Crippen molar-refractivity contribution >= 4 is 27.3 Å². The van der Waals surface area contributed by atoms with Gasteiger partial charge in [0, 0.05) is 19.1 Å². The molecule has 0 aliphatic carbocycles. The predicted octanol–water partition coefficient (Wildman–Crippen LogP) is 3.97. The number of rotatable bonds is 7. The molecular weight excluding hydrogens is 308 g/mol. The summed E-state index contributed by atoms with van der Waals surface area (Å²) in [5, 5.41) is 5.75. The van der Waals surface area contributed by atoms with Gasteiger partial charge in [0.1, 0.15) is 0 Å². The van der Waals surface area contributed by atoms with E-state index in [-0.39, 0.29) is 5.41 Å². The van der Waals surface area contributed by atoms with E-state index < -0.39 is 0 Å². The Morgan fingerprint density at radius 2 is 2.17 bits per heavy atom. The maximum Gasteiger partial charge on any atom is 0.0701 e. The average molecular weight is 333 g/mol. The Morgan fingerprint density at radius 3 is 2.67 bits per heavy atom. The Bertz CT molecular complexity index is 362. The van der Waals surface area contributed by atoms with Crippen molar-refractivity contribution in [2.24, 2.45) is 5.41 Å². The summed E-state index contributed by atoms with van der Waals surface area (Å²) >= 11 is 5.27. The van der Waals surface area contributed by atoms with Gasteiger partial charge in [-0.2, -0.15) is 0 Å². The molecule has 0 aliphatic rings. The summed E-state index contributed by atoms with van der Waals surface area (Å²) < 4.78 is 1.21. The number of nitrogens with one attached hydrogen (secondary N) is 1. The number of hydrogen-bond donors (Lipinski definition) is 1. The molecule has 18 heavy (non-hydrogen) atoms. The first-order valence-electron chi connectivity index (χ1n) is 6.50. The van der Waals surface area contributed by atoms with Crippen molar-refractivity contribution in [2.75, 3.05) is 20.1 Å². The molecule has 0 amide bonds. The van der Waals surface area contributed by atoms with Crippen molar-refractivity contribution in [1.29, 1.82) is 0 Å². The van der Waals surface area contributed by atoms with Crippen molar-refractivity contribution in [3.63, 3.8) is 0 Å². The van der Waals surface area contributed by atoms with Gasteiger partial charge >= 0.3 is 0 Å². The van der Waals surface area contributed by atoms with E-state index in [1.54, 1.807) is 11.3 Å². The minimum absolute atomic E-state index is 0.276. The van der Waals surface area contributed by atoms with Crippen LogP contribution in [-0.2, 0) is 6.54 Å². The number of nitrogens with zero attached hydrogens (tertiary/aromatic N) is 1. The maximum atomic E-state index is 3.53. The Kier molecular flexibility index (Phi) is 6.31. The highest BCUT2D eigenvalue weighted by molar-refractivity contribution is 9.11. The van der Waals surface area contributed by atoms with Crippen molar-refractivity contribution < 1.29 is 0 Å². The van der Waals surface area contributed by atoms with Gasteiger partial charge in [0.2, 0.25) is 0 Å².